The molecule has 1 saturated heterocycles. The number of rotatable bonds is 6. The SMILES string of the molecule is Cc1ccccc1OC[C@H]1CCCN(C(=O)CCn2c(C)nc3ccccc3c2=O)C1. The fraction of sp³-hybridized carbons (Fsp3) is 0.400. The van der Waals surface area contributed by atoms with Gasteiger partial charge in [0, 0.05) is 32.0 Å². The number of carbonyl (C=O) groups is 1. The van der Waals surface area contributed by atoms with Crippen LogP contribution in [0.15, 0.2) is 53.3 Å². The van der Waals surface area contributed by atoms with Crippen LogP contribution in [-0.2, 0) is 11.3 Å². The molecule has 0 radical (unpaired) electrons. The lowest BCUT2D eigenvalue weighted by Gasteiger charge is -2.33. The van der Waals surface area contributed by atoms with E-state index in [4.69, 9.17) is 4.74 Å². The summed E-state index contributed by atoms with van der Waals surface area (Å²) in [5.74, 6) is 1.95. The number of benzene rings is 2. The van der Waals surface area contributed by atoms with Gasteiger partial charge < -0.3 is 9.64 Å². The van der Waals surface area contributed by atoms with E-state index in [1.807, 2.05) is 61.2 Å². The van der Waals surface area contributed by atoms with Gasteiger partial charge in [-0.15, -0.1) is 0 Å². The highest BCUT2D eigenvalue weighted by Crippen LogP contribution is 2.21. The highest BCUT2D eigenvalue weighted by atomic mass is 16.5. The summed E-state index contributed by atoms with van der Waals surface area (Å²) in [7, 11) is 0. The summed E-state index contributed by atoms with van der Waals surface area (Å²) in [5, 5.41) is 0.590. The average molecular weight is 420 g/mol. The van der Waals surface area contributed by atoms with Crippen molar-refractivity contribution >= 4 is 16.8 Å². The number of amides is 1. The number of hydrogen-bond donors (Lipinski definition) is 0. The largest absolute Gasteiger partial charge is 0.493 e. The van der Waals surface area contributed by atoms with Crippen molar-refractivity contribution in [1.82, 2.24) is 14.5 Å². The van der Waals surface area contributed by atoms with E-state index in [0.717, 1.165) is 30.7 Å². The highest BCUT2D eigenvalue weighted by Gasteiger charge is 2.24. The van der Waals surface area contributed by atoms with Crippen molar-refractivity contribution in [3.63, 3.8) is 0 Å². The van der Waals surface area contributed by atoms with Crippen LogP contribution < -0.4 is 10.3 Å². The van der Waals surface area contributed by atoms with Crippen LogP contribution in [0.2, 0.25) is 0 Å². The van der Waals surface area contributed by atoms with Crippen molar-refractivity contribution in [2.75, 3.05) is 19.7 Å². The summed E-state index contributed by atoms with van der Waals surface area (Å²) in [6, 6.07) is 15.3. The van der Waals surface area contributed by atoms with Gasteiger partial charge in [-0.05, 0) is 50.5 Å². The number of carbonyl (C=O) groups excluding carboxylic acids is 1. The third kappa shape index (κ3) is 4.79. The van der Waals surface area contributed by atoms with Crippen LogP contribution in [0.5, 0.6) is 5.75 Å². The molecular weight excluding hydrogens is 390 g/mol. The maximum absolute atomic E-state index is 12.9. The third-order valence-corrected chi connectivity index (χ3v) is 6.04. The maximum Gasteiger partial charge on any atom is 0.261 e. The number of piperidine rings is 1. The van der Waals surface area contributed by atoms with Gasteiger partial charge in [-0.2, -0.15) is 0 Å². The maximum atomic E-state index is 12.9. The Morgan fingerprint density at radius 3 is 2.74 bits per heavy atom. The molecule has 1 aromatic heterocycles. The second kappa shape index (κ2) is 9.33. The van der Waals surface area contributed by atoms with Crippen LogP contribution in [-0.4, -0.2) is 40.1 Å². The zero-order chi connectivity index (χ0) is 21.8. The van der Waals surface area contributed by atoms with E-state index >= 15 is 0 Å². The molecule has 1 aliphatic rings. The summed E-state index contributed by atoms with van der Waals surface area (Å²) < 4.78 is 7.63. The number of hydrogen-bond acceptors (Lipinski definition) is 4. The number of ether oxygens (including phenoxy) is 1. The lowest BCUT2D eigenvalue weighted by molar-refractivity contribution is -0.133. The van der Waals surface area contributed by atoms with Gasteiger partial charge in [0.25, 0.3) is 5.56 Å². The van der Waals surface area contributed by atoms with Crippen LogP contribution in [0.4, 0.5) is 0 Å². The molecule has 2 aromatic carbocycles. The summed E-state index contributed by atoms with van der Waals surface area (Å²) >= 11 is 0. The van der Waals surface area contributed by atoms with Gasteiger partial charge >= 0.3 is 0 Å². The molecule has 6 nitrogen and oxygen atoms in total. The van der Waals surface area contributed by atoms with Gasteiger partial charge in [0.2, 0.25) is 5.91 Å². The van der Waals surface area contributed by atoms with E-state index in [-0.39, 0.29) is 11.5 Å². The predicted octanol–water partition coefficient (Wildman–Crippen LogP) is 3.72. The summed E-state index contributed by atoms with van der Waals surface area (Å²) in [5.41, 5.74) is 1.73. The number of fused-ring (bicyclic) bond motifs is 1. The molecule has 6 heteroatoms. The number of aryl methyl sites for hydroxylation is 2. The molecule has 1 fully saturated rings. The molecule has 0 spiro atoms. The van der Waals surface area contributed by atoms with Crippen molar-refractivity contribution in [2.24, 2.45) is 5.92 Å². The smallest absolute Gasteiger partial charge is 0.261 e. The Kier molecular flexibility index (Phi) is 6.35. The lowest BCUT2D eigenvalue weighted by Crippen LogP contribution is -2.42. The summed E-state index contributed by atoms with van der Waals surface area (Å²) in [6.07, 6.45) is 2.33. The molecule has 1 amide bonds. The second-order valence-electron chi connectivity index (χ2n) is 8.31. The first-order chi connectivity index (χ1) is 15.0. The third-order valence-electron chi connectivity index (χ3n) is 6.04. The van der Waals surface area contributed by atoms with Crippen molar-refractivity contribution in [3.8, 4) is 5.75 Å². The molecule has 162 valence electrons. The number of likely N-dealkylation sites (tertiary alicyclic amines) is 1. The predicted molar refractivity (Wildman–Crippen MR) is 121 cm³/mol. The van der Waals surface area contributed by atoms with Crippen molar-refractivity contribution in [3.05, 3.63) is 70.3 Å². The standard InChI is InChI=1S/C25H29N3O3/c1-18-8-3-6-12-23(18)31-17-20-9-7-14-27(16-20)24(29)13-15-28-19(2)26-22-11-5-4-10-21(22)25(28)30/h3-6,8,10-12,20H,7,9,13-17H2,1-2H3/t20-/m0/s1. The Hall–Kier alpha value is -3.15. The van der Waals surface area contributed by atoms with Crippen LogP contribution in [0.25, 0.3) is 10.9 Å². The molecule has 0 aliphatic carbocycles. The molecule has 0 saturated carbocycles. The quantitative estimate of drug-likeness (QED) is 0.611. The Labute approximate surface area is 182 Å². The number of nitrogens with zero attached hydrogens (tertiary/aromatic N) is 3. The normalized spacial score (nSPS) is 16.5. The molecule has 3 aromatic rings. The minimum atomic E-state index is -0.0842. The zero-order valence-electron chi connectivity index (χ0n) is 18.2. The molecule has 4 rings (SSSR count). The minimum absolute atomic E-state index is 0.0834. The van der Waals surface area contributed by atoms with E-state index in [1.165, 1.54) is 0 Å². The van der Waals surface area contributed by atoms with E-state index in [2.05, 4.69) is 4.98 Å². The van der Waals surface area contributed by atoms with Gasteiger partial charge in [-0.1, -0.05) is 30.3 Å². The van der Waals surface area contributed by atoms with Gasteiger partial charge in [-0.3, -0.25) is 14.2 Å². The second-order valence-corrected chi connectivity index (χ2v) is 8.31. The van der Waals surface area contributed by atoms with Crippen LogP contribution in [0.1, 0.15) is 30.7 Å². The fourth-order valence-electron chi connectivity index (χ4n) is 4.26. The van der Waals surface area contributed by atoms with Gasteiger partial charge in [0.15, 0.2) is 0 Å². The monoisotopic (exact) mass is 419 g/mol. The van der Waals surface area contributed by atoms with E-state index in [0.29, 0.717) is 48.8 Å². The van der Waals surface area contributed by atoms with Crippen molar-refractivity contribution in [1.29, 1.82) is 0 Å². The highest BCUT2D eigenvalue weighted by molar-refractivity contribution is 5.78. The van der Waals surface area contributed by atoms with E-state index < -0.39 is 0 Å². The Morgan fingerprint density at radius 1 is 1.13 bits per heavy atom. The van der Waals surface area contributed by atoms with Gasteiger partial charge in [0.05, 0.1) is 17.5 Å². The van der Waals surface area contributed by atoms with Crippen LogP contribution >= 0.6 is 0 Å². The van der Waals surface area contributed by atoms with Crippen molar-refractivity contribution in [2.45, 2.75) is 39.7 Å². The summed E-state index contributed by atoms with van der Waals surface area (Å²) in [4.78, 5) is 32.1. The molecular formula is C25H29N3O3. The Bertz CT molecular complexity index is 1140. The zero-order valence-corrected chi connectivity index (χ0v) is 18.2. The molecule has 31 heavy (non-hydrogen) atoms. The lowest BCUT2D eigenvalue weighted by atomic mass is 9.98. The summed E-state index contributed by atoms with van der Waals surface area (Å²) in [6.45, 7) is 6.29. The topological polar surface area (TPSA) is 64.4 Å². The Balaban J connectivity index is 1.36. The molecule has 0 unspecified atom stereocenters. The average Bonchev–Trinajstić information content (AvgIpc) is 2.78. The molecule has 2 heterocycles. The van der Waals surface area contributed by atoms with Crippen LogP contribution in [0.3, 0.4) is 0 Å². The molecule has 1 aliphatic heterocycles. The van der Waals surface area contributed by atoms with E-state index in [9.17, 15) is 9.59 Å². The molecule has 0 bridgehead atoms. The fourth-order valence-corrected chi connectivity index (χ4v) is 4.26. The molecule has 1 atom stereocenters. The minimum Gasteiger partial charge on any atom is -0.493 e. The first kappa shape index (κ1) is 21.1. The van der Waals surface area contributed by atoms with Crippen LogP contribution in [0, 0.1) is 19.8 Å². The first-order valence-electron chi connectivity index (χ1n) is 11.0. The number of para-hydroxylation sites is 2. The first-order valence-corrected chi connectivity index (χ1v) is 11.0. The Morgan fingerprint density at radius 2 is 1.90 bits per heavy atom. The van der Waals surface area contributed by atoms with E-state index in [1.54, 1.807) is 10.6 Å². The number of aromatic nitrogens is 2. The molecule has 0 N–H and O–H groups in total. The van der Waals surface area contributed by atoms with Gasteiger partial charge in [0.1, 0.15) is 11.6 Å². The van der Waals surface area contributed by atoms with Crippen molar-refractivity contribution < 1.29 is 9.53 Å². The van der Waals surface area contributed by atoms with Gasteiger partial charge in [-0.25, -0.2) is 4.98 Å².